The zero-order valence-corrected chi connectivity index (χ0v) is 13.6. The summed E-state index contributed by atoms with van der Waals surface area (Å²) in [6, 6.07) is 10.3. The molecule has 2 rings (SSSR count). The van der Waals surface area contributed by atoms with Crippen molar-refractivity contribution >= 4 is 33.5 Å². The van der Waals surface area contributed by atoms with Gasteiger partial charge in [-0.2, -0.15) is 13.2 Å². The summed E-state index contributed by atoms with van der Waals surface area (Å²) < 4.78 is 42.9. The highest BCUT2D eigenvalue weighted by Crippen LogP contribution is 2.29. The number of halogens is 4. The Morgan fingerprint density at radius 1 is 1.00 bits per heavy atom. The number of ether oxygens (including phenoxy) is 1. The van der Waals surface area contributed by atoms with Crippen LogP contribution < -0.4 is 5.32 Å². The van der Waals surface area contributed by atoms with E-state index in [-0.39, 0.29) is 5.56 Å². The number of anilines is 1. The lowest BCUT2D eigenvalue weighted by atomic mass is 10.1. The van der Waals surface area contributed by atoms with E-state index < -0.39 is 30.2 Å². The van der Waals surface area contributed by atoms with Gasteiger partial charge in [0.25, 0.3) is 5.91 Å². The summed E-state index contributed by atoms with van der Waals surface area (Å²) in [5.74, 6) is -1.44. The fraction of sp³-hybridized carbons (Fsp3) is 0.125. The second-order valence-electron chi connectivity index (χ2n) is 4.71. The van der Waals surface area contributed by atoms with Crippen molar-refractivity contribution < 1.29 is 27.5 Å². The van der Waals surface area contributed by atoms with E-state index in [1.54, 1.807) is 24.3 Å². The van der Waals surface area contributed by atoms with Crippen molar-refractivity contribution in [3.05, 3.63) is 64.1 Å². The smallest absolute Gasteiger partial charge is 0.416 e. The van der Waals surface area contributed by atoms with E-state index in [0.29, 0.717) is 5.69 Å². The molecule has 0 saturated carbocycles. The lowest BCUT2D eigenvalue weighted by Crippen LogP contribution is -2.21. The van der Waals surface area contributed by atoms with E-state index in [9.17, 15) is 22.8 Å². The molecule has 126 valence electrons. The van der Waals surface area contributed by atoms with Crippen LogP contribution >= 0.6 is 15.9 Å². The van der Waals surface area contributed by atoms with E-state index in [4.69, 9.17) is 4.74 Å². The summed E-state index contributed by atoms with van der Waals surface area (Å²) >= 11 is 3.25. The zero-order chi connectivity index (χ0) is 17.7. The van der Waals surface area contributed by atoms with Crippen LogP contribution in [0, 0.1) is 0 Å². The third-order valence-corrected chi connectivity index (χ3v) is 3.44. The average Bonchev–Trinajstić information content (AvgIpc) is 2.54. The Balaban J connectivity index is 1.88. The van der Waals surface area contributed by atoms with Crippen LogP contribution in [0.25, 0.3) is 0 Å². The van der Waals surface area contributed by atoms with E-state index >= 15 is 0 Å². The minimum absolute atomic E-state index is 0.0700. The molecular formula is C16H11BrF3NO3. The Morgan fingerprint density at radius 3 is 2.12 bits per heavy atom. The molecule has 0 heterocycles. The Morgan fingerprint density at radius 2 is 1.58 bits per heavy atom. The van der Waals surface area contributed by atoms with Crippen molar-refractivity contribution in [1.29, 1.82) is 0 Å². The highest BCUT2D eigenvalue weighted by atomic mass is 79.9. The summed E-state index contributed by atoms with van der Waals surface area (Å²) in [6.07, 6.45) is -4.48. The van der Waals surface area contributed by atoms with Gasteiger partial charge >= 0.3 is 12.1 Å². The normalized spacial score (nSPS) is 11.0. The molecule has 2 aromatic rings. The van der Waals surface area contributed by atoms with E-state index in [2.05, 4.69) is 21.2 Å². The van der Waals surface area contributed by atoms with Crippen LogP contribution in [-0.4, -0.2) is 18.5 Å². The van der Waals surface area contributed by atoms with Gasteiger partial charge in [-0.3, -0.25) is 4.79 Å². The van der Waals surface area contributed by atoms with Crippen molar-refractivity contribution in [1.82, 2.24) is 0 Å². The van der Waals surface area contributed by atoms with Crippen molar-refractivity contribution in [2.75, 3.05) is 11.9 Å². The fourth-order valence-electron chi connectivity index (χ4n) is 1.74. The molecule has 0 radical (unpaired) electrons. The van der Waals surface area contributed by atoms with Gasteiger partial charge in [0.05, 0.1) is 11.1 Å². The number of hydrogen-bond acceptors (Lipinski definition) is 3. The molecule has 24 heavy (non-hydrogen) atoms. The number of nitrogens with one attached hydrogen (secondary N) is 1. The number of alkyl halides is 3. The summed E-state index contributed by atoms with van der Waals surface area (Å²) in [7, 11) is 0. The fourth-order valence-corrected chi connectivity index (χ4v) is 2.00. The van der Waals surface area contributed by atoms with Crippen molar-refractivity contribution in [3.8, 4) is 0 Å². The molecule has 0 aliphatic rings. The highest BCUT2D eigenvalue weighted by molar-refractivity contribution is 9.10. The topological polar surface area (TPSA) is 55.4 Å². The standard InChI is InChI=1S/C16H11BrF3NO3/c17-12-5-7-13(8-6-12)21-14(22)9-24-15(23)10-1-3-11(4-2-10)16(18,19)20/h1-8H,9H2,(H,21,22). The zero-order valence-electron chi connectivity index (χ0n) is 12.1. The van der Waals surface area contributed by atoms with Crippen LogP contribution in [0.1, 0.15) is 15.9 Å². The van der Waals surface area contributed by atoms with Gasteiger partial charge in [0.1, 0.15) is 0 Å². The minimum atomic E-state index is -4.48. The molecule has 0 unspecified atom stereocenters. The first-order chi connectivity index (χ1) is 11.3. The van der Waals surface area contributed by atoms with Crippen LogP contribution in [0.5, 0.6) is 0 Å². The largest absolute Gasteiger partial charge is 0.452 e. The molecule has 0 fully saturated rings. The van der Waals surface area contributed by atoms with Gasteiger partial charge in [0.15, 0.2) is 6.61 Å². The van der Waals surface area contributed by atoms with Gasteiger partial charge in [-0.1, -0.05) is 15.9 Å². The number of carbonyl (C=O) groups excluding carboxylic acids is 2. The minimum Gasteiger partial charge on any atom is -0.452 e. The van der Waals surface area contributed by atoms with E-state index in [1.807, 2.05) is 0 Å². The molecule has 0 saturated heterocycles. The molecular weight excluding hydrogens is 391 g/mol. The van der Waals surface area contributed by atoms with Gasteiger partial charge in [-0.25, -0.2) is 4.79 Å². The first-order valence-electron chi connectivity index (χ1n) is 6.65. The first-order valence-corrected chi connectivity index (χ1v) is 7.45. The molecule has 0 aromatic heterocycles. The second-order valence-corrected chi connectivity index (χ2v) is 5.62. The lowest BCUT2D eigenvalue weighted by molar-refractivity contribution is -0.137. The monoisotopic (exact) mass is 401 g/mol. The first kappa shape index (κ1) is 18.0. The van der Waals surface area contributed by atoms with Gasteiger partial charge in [-0.15, -0.1) is 0 Å². The SMILES string of the molecule is O=C(COC(=O)c1ccc(C(F)(F)F)cc1)Nc1ccc(Br)cc1. The van der Waals surface area contributed by atoms with Gasteiger partial charge in [0.2, 0.25) is 0 Å². The number of hydrogen-bond donors (Lipinski definition) is 1. The van der Waals surface area contributed by atoms with Crippen LogP contribution in [0.15, 0.2) is 53.0 Å². The maximum absolute atomic E-state index is 12.4. The maximum Gasteiger partial charge on any atom is 0.416 e. The molecule has 0 bridgehead atoms. The summed E-state index contributed by atoms with van der Waals surface area (Å²) in [5, 5.41) is 2.52. The van der Waals surface area contributed by atoms with Crippen LogP contribution in [0.4, 0.5) is 18.9 Å². The van der Waals surface area contributed by atoms with Crippen molar-refractivity contribution in [2.24, 2.45) is 0 Å². The summed E-state index contributed by atoms with van der Waals surface area (Å²) in [6.45, 7) is -0.546. The highest BCUT2D eigenvalue weighted by Gasteiger charge is 2.30. The van der Waals surface area contributed by atoms with E-state index in [0.717, 1.165) is 28.7 Å². The molecule has 0 atom stereocenters. The third-order valence-electron chi connectivity index (χ3n) is 2.91. The molecule has 4 nitrogen and oxygen atoms in total. The predicted molar refractivity (Wildman–Crippen MR) is 84.5 cm³/mol. The Hall–Kier alpha value is -2.35. The molecule has 1 amide bonds. The molecule has 1 N–H and O–H groups in total. The second kappa shape index (κ2) is 7.48. The average molecular weight is 402 g/mol. The summed E-state index contributed by atoms with van der Waals surface area (Å²) in [5.41, 5.74) is -0.416. The molecule has 8 heteroatoms. The van der Waals surface area contributed by atoms with Crippen LogP contribution in [0.2, 0.25) is 0 Å². The van der Waals surface area contributed by atoms with E-state index in [1.165, 1.54) is 0 Å². The van der Waals surface area contributed by atoms with Crippen molar-refractivity contribution in [3.63, 3.8) is 0 Å². The number of carbonyl (C=O) groups is 2. The lowest BCUT2D eigenvalue weighted by Gasteiger charge is -2.08. The number of amides is 1. The molecule has 0 spiro atoms. The van der Waals surface area contributed by atoms with Crippen LogP contribution in [0.3, 0.4) is 0 Å². The van der Waals surface area contributed by atoms with Gasteiger partial charge in [-0.05, 0) is 48.5 Å². The Bertz CT molecular complexity index is 728. The number of benzene rings is 2. The molecule has 0 aliphatic heterocycles. The summed E-state index contributed by atoms with van der Waals surface area (Å²) in [4.78, 5) is 23.4. The Labute approximate surface area is 143 Å². The third kappa shape index (κ3) is 5.09. The number of esters is 1. The quantitative estimate of drug-likeness (QED) is 0.778. The van der Waals surface area contributed by atoms with Gasteiger partial charge in [0, 0.05) is 10.2 Å². The molecule has 0 aliphatic carbocycles. The molecule has 2 aromatic carbocycles. The Kier molecular flexibility index (Phi) is 5.61. The van der Waals surface area contributed by atoms with Gasteiger partial charge < -0.3 is 10.1 Å². The predicted octanol–water partition coefficient (Wildman–Crippen LogP) is 4.26. The van der Waals surface area contributed by atoms with Crippen LogP contribution in [-0.2, 0) is 15.7 Å². The van der Waals surface area contributed by atoms with Crippen molar-refractivity contribution in [2.45, 2.75) is 6.18 Å². The maximum atomic E-state index is 12.4. The number of rotatable bonds is 4.